The molecule has 1 aromatic carbocycles. The van der Waals surface area contributed by atoms with Gasteiger partial charge in [0.05, 0.1) is 11.8 Å². The van der Waals surface area contributed by atoms with Crippen LogP contribution in [0.2, 0.25) is 0 Å². The number of hydrogen-bond donors (Lipinski definition) is 1. The van der Waals surface area contributed by atoms with Gasteiger partial charge in [-0.05, 0) is 12.1 Å². The van der Waals surface area contributed by atoms with Gasteiger partial charge in [0.2, 0.25) is 0 Å². The summed E-state index contributed by atoms with van der Waals surface area (Å²) in [5.74, 6) is 0. The number of nitrogens with zero attached hydrogens (tertiary/aromatic N) is 4. The summed E-state index contributed by atoms with van der Waals surface area (Å²) in [7, 11) is 4.06. The molecule has 0 atom stereocenters. The van der Waals surface area contributed by atoms with E-state index in [1.165, 1.54) is 16.9 Å². The Morgan fingerprint density at radius 2 is 2.10 bits per heavy atom. The summed E-state index contributed by atoms with van der Waals surface area (Å²) in [6, 6.07) is 10.6. The van der Waals surface area contributed by atoms with Crippen LogP contribution in [0.15, 0.2) is 24.3 Å². The van der Waals surface area contributed by atoms with E-state index in [1.807, 2.05) is 18.8 Å². The first-order valence-electron chi connectivity index (χ1n) is 7.14. The molecule has 0 saturated heterocycles. The number of aromatic nitrogens is 2. The van der Waals surface area contributed by atoms with Crippen LogP contribution < -0.4 is 10.2 Å². The Bertz CT molecular complexity index is 676. The van der Waals surface area contributed by atoms with Gasteiger partial charge in [-0.2, -0.15) is 10.4 Å². The van der Waals surface area contributed by atoms with Crippen molar-refractivity contribution in [3.05, 3.63) is 35.5 Å². The molecule has 0 bridgehead atoms. The van der Waals surface area contributed by atoms with Gasteiger partial charge >= 0.3 is 0 Å². The molecule has 0 aliphatic carbocycles. The molecule has 0 amide bonds. The molecule has 1 N–H and O–H groups in total. The minimum Gasteiger partial charge on any atom is -0.378 e. The molecule has 21 heavy (non-hydrogen) atoms. The highest BCUT2D eigenvalue weighted by Gasteiger charge is 2.21. The van der Waals surface area contributed by atoms with E-state index in [0.29, 0.717) is 6.54 Å². The summed E-state index contributed by atoms with van der Waals surface area (Å²) in [4.78, 5) is 2.08. The Balaban J connectivity index is 2.03. The monoisotopic (exact) mass is 281 g/mol. The fraction of sp³-hybridized carbons (Fsp3) is 0.375. The number of nitrogens with one attached hydrogen (secondary N) is 1. The Hall–Kier alpha value is -2.32. The summed E-state index contributed by atoms with van der Waals surface area (Å²) >= 11 is 0. The smallest absolute Gasteiger partial charge is 0.128 e. The number of anilines is 1. The maximum atomic E-state index is 8.97. The van der Waals surface area contributed by atoms with Crippen LogP contribution in [0.5, 0.6) is 0 Å². The number of fused-ring (bicyclic) bond motifs is 1. The third-order valence-corrected chi connectivity index (χ3v) is 3.88. The molecule has 5 heteroatoms. The van der Waals surface area contributed by atoms with E-state index < -0.39 is 0 Å². The normalized spacial score (nSPS) is 13.6. The topological polar surface area (TPSA) is 56.9 Å². The van der Waals surface area contributed by atoms with Gasteiger partial charge in [0.1, 0.15) is 6.54 Å². The van der Waals surface area contributed by atoms with E-state index in [1.54, 1.807) is 0 Å². The quantitative estimate of drug-likeness (QED) is 0.932. The van der Waals surface area contributed by atoms with Crippen molar-refractivity contribution in [3.63, 3.8) is 0 Å². The SMILES string of the molecule is CN(C)c1ccc(-c2nn(CC#N)c3c2CNCC3)cc1. The Kier molecular flexibility index (Phi) is 3.63. The molecule has 2 heterocycles. The van der Waals surface area contributed by atoms with Crippen LogP contribution in [0, 0.1) is 11.3 Å². The second-order valence-corrected chi connectivity index (χ2v) is 5.46. The lowest BCUT2D eigenvalue weighted by molar-refractivity contribution is 0.590. The van der Waals surface area contributed by atoms with Crippen LogP contribution in [-0.4, -0.2) is 30.4 Å². The van der Waals surface area contributed by atoms with E-state index in [4.69, 9.17) is 5.26 Å². The highest BCUT2D eigenvalue weighted by Crippen LogP contribution is 2.28. The Morgan fingerprint density at radius 1 is 1.33 bits per heavy atom. The van der Waals surface area contributed by atoms with Crippen molar-refractivity contribution in [1.29, 1.82) is 5.26 Å². The first kappa shape index (κ1) is 13.7. The van der Waals surface area contributed by atoms with E-state index in [9.17, 15) is 0 Å². The third kappa shape index (κ3) is 2.50. The van der Waals surface area contributed by atoms with E-state index in [-0.39, 0.29) is 0 Å². The molecule has 1 aliphatic heterocycles. The second kappa shape index (κ2) is 5.58. The molecule has 0 unspecified atom stereocenters. The first-order valence-corrected chi connectivity index (χ1v) is 7.14. The average molecular weight is 281 g/mol. The van der Waals surface area contributed by atoms with Gasteiger partial charge in [0.25, 0.3) is 0 Å². The predicted octanol–water partition coefficient (Wildman–Crippen LogP) is 1.79. The summed E-state index contributed by atoms with van der Waals surface area (Å²) < 4.78 is 1.85. The number of rotatable bonds is 3. The van der Waals surface area contributed by atoms with Gasteiger partial charge in [-0.3, -0.25) is 4.68 Å². The predicted molar refractivity (Wildman–Crippen MR) is 83.0 cm³/mol. The van der Waals surface area contributed by atoms with Gasteiger partial charge in [-0.1, -0.05) is 12.1 Å². The largest absolute Gasteiger partial charge is 0.378 e. The molecule has 0 saturated carbocycles. The molecule has 0 spiro atoms. The molecule has 1 aliphatic rings. The van der Waals surface area contributed by atoms with Crippen LogP contribution in [0.1, 0.15) is 11.3 Å². The molecule has 0 radical (unpaired) electrons. The highest BCUT2D eigenvalue weighted by atomic mass is 15.3. The molecule has 0 fully saturated rings. The van der Waals surface area contributed by atoms with Crippen molar-refractivity contribution in [3.8, 4) is 17.3 Å². The fourth-order valence-corrected chi connectivity index (χ4v) is 2.77. The summed E-state index contributed by atoms with van der Waals surface area (Å²) in [6.07, 6.45) is 0.930. The van der Waals surface area contributed by atoms with Crippen LogP contribution in [0.3, 0.4) is 0 Å². The molecule has 3 rings (SSSR count). The van der Waals surface area contributed by atoms with Crippen molar-refractivity contribution in [2.24, 2.45) is 0 Å². The molecular weight excluding hydrogens is 262 g/mol. The van der Waals surface area contributed by atoms with Crippen molar-refractivity contribution in [2.75, 3.05) is 25.5 Å². The summed E-state index contributed by atoms with van der Waals surface area (Å²) in [5, 5.41) is 17.0. The van der Waals surface area contributed by atoms with Crippen LogP contribution in [0.25, 0.3) is 11.3 Å². The average Bonchev–Trinajstić information content (AvgIpc) is 2.87. The summed E-state index contributed by atoms with van der Waals surface area (Å²) in [6.45, 7) is 2.09. The Morgan fingerprint density at radius 3 is 2.76 bits per heavy atom. The van der Waals surface area contributed by atoms with Crippen molar-refractivity contribution < 1.29 is 0 Å². The maximum Gasteiger partial charge on any atom is 0.128 e. The van der Waals surface area contributed by atoms with Crippen molar-refractivity contribution >= 4 is 5.69 Å². The molecule has 1 aromatic heterocycles. The van der Waals surface area contributed by atoms with Crippen molar-refractivity contribution in [1.82, 2.24) is 15.1 Å². The lowest BCUT2D eigenvalue weighted by Crippen LogP contribution is -2.24. The lowest BCUT2D eigenvalue weighted by atomic mass is 10.0. The molecule has 5 nitrogen and oxygen atoms in total. The van der Waals surface area contributed by atoms with Crippen LogP contribution in [-0.2, 0) is 19.5 Å². The molecular formula is C16H19N5. The van der Waals surface area contributed by atoms with Gasteiger partial charge in [0, 0.05) is 56.1 Å². The molecule has 2 aromatic rings. The van der Waals surface area contributed by atoms with Crippen LogP contribution in [0.4, 0.5) is 5.69 Å². The van der Waals surface area contributed by atoms with Crippen molar-refractivity contribution in [2.45, 2.75) is 19.5 Å². The zero-order valence-electron chi connectivity index (χ0n) is 12.4. The zero-order valence-corrected chi connectivity index (χ0v) is 12.4. The Labute approximate surface area is 124 Å². The van der Waals surface area contributed by atoms with E-state index in [2.05, 4.69) is 45.7 Å². The zero-order chi connectivity index (χ0) is 14.8. The minimum atomic E-state index is 0.318. The van der Waals surface area contributed by atoms with Gasteiger partial charge in [-0.15, -0.1) is 0 Å². The van der Waals surface area contributed by atoms with Crippen LogP contribution >= 0.6 is 0 Å². The van der Waals surface area contributed by atoms with E-state index >= 15 is 0 Å². The number of benzene rings is 1. The van der Waals surface area contributed by atoms with Gasteiger partial charge in [-0.25, -0.2) is 0 Å². The minimum absolute atomic E-state index is 0.318. The fourth-order valence-electron chi connectivity index (χ4n) is 2.77. The number of nitriles is 1. The van der Waals surface area contributed by atoms with Gasteiger partial charge in [0.15, 0.2) is 0 Å². The second-order valence-electron chi connectivity index (χ2n) is 5.46. The van der Waals surface area contributed by atoms with E-state index in [0.717, 1.165) is 30.8 Å². The lowest BCUT2D eigenvalue weighted by Gasteiger charge is -2.15. The standard InChI is InChI=1S/C16H19N5/c1-20(2)13-5-3-12(4-6-13)16-14-11-18-9-7-15(14)21(19-16)10-8-17/h3-6,18H,7,9-11H2,1-2H3. The third-order valence-electron chi connectivity index (χ3n) is 3.88. The maximum absolute atomic E-state index is 8.97. The first-order chi connectivity index (χ1) is 10.2. The number of hydrogen-bond acceptors (Lipinski definition) is 4. The summed E-state index contributed by atoms with van der Waals surface area (Å²) in [5.41, 5.74) is 5.70. The highest BCUT2D eigenvalue weighted by molar-refractivity contribution is 5.67. The molecule has 108 valence electrons. The van der Waals surface area contributed by atoms with Gasteiger partial charge < -0.3 is 10.2 Å².